The van der Waals surface area contributed by atoms with E-state index in [-0.39, 0.29) is 24.1 Å². The molecule has 0 radical (unpaired) electrons. The molecule has 0 spiro atoms. The van der Waals surface area contributed by atoms with Gasteiger partial charge < -0.3 is 10.6 Å². The van der Waals surface area contributed by atoms with Gasteiger partial charge in [-0.3, -0.25) is 9.59 Å². The monoisotopic (exact) mass is 237 g/mol. The number of hydrogen-bond acceptors (Lipinski definition) is 3. The summed E-state index contributed by atoms with van der Waals surface area (Å²) in [6, 6.07) is 2.68. The maximum absolute atomic E-state index is 12.5. The summed E-state index contributed by atoms with van der Waals surface area (Å²) < 4.78 is 12.5. The molecule has 5 nitrogen and oxygen atoms in total. The minimum absolute atomic E-state index is 0.0767. The zero-order valence-corrected chi connectivity index (χ0v) is 9.07. The smallest absolute Gasteiger partial charge is 0.253 e. The average Bonchev–Trinajstić information content (AvgIpc) is 3.11. The van der Waals surface area contributed by atoms with E-state index in [0.717, 1.165) is 25.1 Å². The van der Waals surface area contributed by atoms with Crippen molar-refractivity contribution in [2.75, 3.05) is 6.54 Å². The topological polar surface area (TPSA) is 71.1 Å². The number of hydrogen-bond donors (Lipinski definition) is 2. The Morgan fingerprint density at radius 3 is 2.76 bits per heavy atom. The van der Waals surface area contributed by atoms with Crippen molar-refractivity contribution < 1.29 is 14.0 Å². The molecule has 1 aliphatic carbocycles. The van der Waals surface area contributed by atoms with E-state index in [2.05, 4.69) is 15.6 Å². The molecule has 1 saturated carbocycles. The fourth-order valence-corrected chi connectivity index (χ4v) is 1.28. The van der Waals surface area contributed by atoms with Gasteiger partial charge in [-0.1, -0.05) is 0 Å². The van der Waals surface area contributed by atoms with Crippen LogP contribution in [0.5, 0.6) is 0 Å². The average molecular weight is 237 g/mol. The van der Waals surface area contributed by atoms with Crippen LogP contribution in [0, 0.1) is 5.95 Å². The fraction of sp³-hybridized carbons (Fsp3) is 0.364. The highest BCUT2D eigenvalue weighted by molar-refractivity contribution is 5.96. The first-order valence-electron chi connectivity index (χ1n) is 5.34. The first-order valence-corrected chi connectivity index (χ1v) is 5.34. The van der Waals surface area contributed by atoms with E-state index < -0.39 is 11.9 Å². The third kappa shape index (κ3) is 3.51. The molecule has 1 aliphatic rings. The van der Waals surface area contributed by atoms with E-state index >= 15 is 0 Å². The van der Waals surface area contributed by atoms with Crippen LogP contribution < -0.4 is 10.6 Å². The van der Waals surface area contributed by atoms with Crippen LogP contribution >= 0.6 is 0 Å². The minimum atomic E-state index is -0.645. The number of amides is 2. The quantitative estimate of drug-likeness (QED) is 0.736. The van der Waals surface area contributed by atoms with Crippen LogP contribution in [-0.2, 0) is 4.79 Å². The fourth-order valence-electron chi connectivity index (χ4n) is 1.28. The molecule has 2 N–H and O–H groups in total. The van der Waals surface area contributed by atoms with Crippen molar-refractivity contribution in [3.63, 3.8) is 0 Å². The number of nitrogens with one attached hydrogen (secondary N) is 2. The summed E-state index contributed by atoms with van der Waals surface area (Å²) in [5.41, 5.74) is 0.227. The highest BCUT2D eigenvalue weighted by Gasteiger charge is 2.23. The zero-order chi connectivity index (χ0) is 12.3. The summed E-state index contributed by atoms with van der Waals surface area (Å²) in [6.07, 6.45) is 3.13. The van der Waals surface area contributed by atoms with Gasteiger partial charge in [-0.05, 0) is 25.0 Å². The van der Waals surface area contributed by atoms with Crippen LogP contribution in [0.25, 0.3) is 0 Å². The lowest BCUT2D eigenvalue weighted by Gasteiger charge is -2.05. The predicted molar refractivity (Wildman–Crippen MR) is 57.7 cm³/mol. The lowest BCUT2D eigenvalue weighted by atomic mass is 10.2. The van der Waals surface area contributed by atoms with Gasteiger partial charge in [-0.2, -0.15) is 4.39 Å². The van der Waals surface area contributed by atoms with Crippen molar-refractivity contribution in [2.24, 2.45) is 0 Å². The van der Waals surface area contributed by atoms with Crippen molar-refractivity contribution in [1.29, 1.82) is 0 Å². The highest BCUT2D eigenvalue weighted by Crippen LogP contribution is 2.18. The summed E-state index contributed by atoms with van der Waals surface area (Å²) in [7, 11) is 0. The van der Waals surface area contributed by atoms with Crippen molar-refractivity contribution in [2.45, 2.75) is 18.9 Å². The molecule has 2 rings (SSSR count). The molecule has 0 aromatic carbocycles. The Morgan fingerprint density at radius 2 is 2.18 bits per heavy atom. The molecule has 17 heavy (non-hydrogen) atoms. The summed E-state index contributed by atoms with van der Waals surface area (Å²) in [6.45, 7) is -0.0767. The van der Waals surface area contributed by atoms with Gasteiger partial charge in [0.25, 0.3) is 5.91 Å². The Morgan fingerprint density at radius 1 is 1.41 bits per heavy atom. The second-order valence-corrected chi connectivity index (χ2v) is 3.89. The van der Waals surface area contributed by atoms with Gasteiger partial charge in [0.1, 0.15) is 0 Å². The van der Waals surface area contributed by atoms with E-state index in [4.69, 9.17) is 0 Å². The minimum Gasteiger partial charge on any atom is -0.352 e. The molecule has 1 aromatic heterocycles. The first-order chi connectivity index (χ1) is 8.15. The number of aromatic nitrogens is 1. The molecule has 1 aromatic rings. The van der Waals surface area contributed by atoms with Gasteiger partial charge in [0.2, 0.25) is 11.9 Å². The largest absolute Gasteiger partial charge is 0.352 e. The van der Waals surface area contributed by atoms with E-state index in [1.54, 1.807) is 0 Å². The third-order valence-corrected chi connectivity index (χ3v) is 2.34. The molecule has 90 valence electrons. The van der Waals surface area contributed by atoms with Crippen LogP contribution in [0.1, 0.15) is 23.2 Å². The third-order valence-electron chi connectivity index (χ3n) is 2.34. The van der Waals surface area contributed by atoms with Crippen LogP contribution in [0.2, 0.25) is 0 Å². The van der Waals surface area contributed by atoms with Gasteiger partial charge in [0, 0.05) is 12.2 Å². The van der Waals surface area contributed by atoms with E-state index in [9.17, 15) is 14.0 Å². The summed E-state index contributed by atoms with van der Waals surface area (Å²) in [5.74, 6) is -1.30. The number of halogens is 1. The number of carbonyl (C=O) groups excluding carboxylic acids is 2. The number of pyridine rings is 1. The molecule has 0 bridgehead atoms. The summed E-state index contributed by atoms with van der Waals surface area (Å²) in [4.78, 5) is 26.1. The molecule has 0 saturated heterocycles. The van der Waals surface area contributed by atoms with Gasteiger partial charge in [-0.15, -0.1) is 0 Å². The molecule has 1 heterocycles. The molecule has 6 heteroatoms. The normalized spacial score (nSPS) is 14.2. The van der Waals surface area contributed by atoms with Gasteiger partial charge in [-0.25, -0.2) is 4.98 Å². The lowest BCUT2D eigenvalue weighted by Crippen LogP contribution is -2.37. The molecular formula is C11H12FN3O2. The zero-order valence-electron chi connectivity index (χ0n) is 9.07. The van der Waals surface area contributed by atoms with Crippen molar-refractivity contribution in [1.82, 2.24) is 15.6 Å². The van der Waals surface area contributed by atoms with Crippen LogP contribution in [-0.4, -0.2) is 29.4 Å². The van der Waals surface area contributed by atoms with E-state index in [1.807, 2.05) is 0 Å². The standard InChI is InChI=1S/C11H12FN3O2/c12-9-4-1-7(5-13-9)11(17)14-6-10(16)15-8-2-3-8/h1,4-5,8H,2-3,6H2,(H,14,17)(H,15,16). The maximum atomic E-state index is 12.5. The van der Waals surface area contributed by atoms with E-state index in [0.29, 0.717) is 0 Å². The van der Waals surface area contributed by atoms with Gasteiger partial charge in [0.15, 0.2) is 0 Å². The van der Waals surface area contributed by atoms with E-state index in [1.165, 1.54) is 6.07 Å². The van der Waals surface area contributed by atoms with Crippen molar-refractivity contribution in [3.05, 3.63) is 29.8 Å². The maximum Gasteiger partial charge on any atom is 0.253 e. The Balaban J connectivity index is 1.79. The van der Waals surface area contributed by atoms with Crippen LogP contribution in [0.3, 0.4) is 0 Å². The molecule has 0 unspecified atom stereocenters. The second kappa shape index (κ2) is 4.90. The predicted octanol–water partition coefficient (Wildman–Crippen LogP) is 0.229. The highest BCUT2D eigenvalue weighted by atomic mass is 19.1. The number of carbonyl (C=O) groups is 2. The molecular weight excluding hydrogens is 225 g/mol. The number of rotatable bonds is 4. The Kier molecular flexibility index (Phi) is 3.32. The van der Waals surface area contributed by atoms with Gasteiger partial charge in [0.05, 0.1) is 12.1 Å². The first kappa shape index (κ1) is 11.5. The molecule has 2 amide bonds. The van der Waals surface area contributed by atoms with Gasteiger partial charge >= 0.3 is 0 Å². The lowest BCUT2D eigenvalue weighted by molar-refractivity contribution is -0.120. The Labute approximate surface area is 97.4 Å². The number of nitrogens with zero attached hydrogens (tertiary/aromatic N) is 1. The van der Waals surface area contributed by atoms with Crippen molar-refractivity contribution >= 4 is 11.8 Å². The second-order valence-electron chi connectivity index (χ2n) is 3.89. The summed E-state index contributed by atoms with van der Waals surface area (Å²) >= 11 is 0. The SMILES string of the molecule is O=C(CNC(=O)c1ccc(F)nc1)NC1CC1. The molecule has 0 aliphatic heterocycles. The summed E-state index contributed by atoms with van der Waals surface area (Å²) in [5, 5.41) is 5.18. The van der Waals surface area contributed by atoms with Crippen LogP contribution in [0.15, 0.2) is 18.3 Å². The Hall–Kier alpha value is -1.98. The van der Waals surface area contributed by atoms with Crippen LogP contribution in [0.4, 0.5) is 4.39 Å². The molecule has 0 atom stereocenters. The molecule has 1 fully saturated rings. The van der Waals surface area contributed by atoms with Crippen molar-refractivity contribution in [3.8, 4) is 0 Å². The Bertz CT molecular complexity index is 429.